The summed E-state index contributed by atoms with van der Waals surface area (Å²) < 4.78 is 25.2. The van der Waals surface area contributed by atoms with Crippen LogP contribution < -0.4 is 4.31 Å². The lowest BCUT2D eigenvalue weighted by atomic mass is 10.1. The number of benzene rings is 1. The molecule has 96 valence electrons. The van der Waals surface area contributed by atoms with Gasteiger partial charge in [0.25, 0.3) is 0 Å². The number of carboxylic acids is 1. The average Bonchev–Trinajstić information content (AvgIpc) is 2.68. The van der Waals surface area contributed by atoms with Gasteiger partial charge in [-0.1, -0.05) is 24.3 Å². The van der Waals surface area contributed by atoms with E-state index in [-0.39, 0.29) is 12.2 Å². The van der Waals surface area contributed by atoms with E-state index in [9.17, 15) is 13.2 Å². The van der Waals surface area contributed by atoms with Crippen molar-refractivity contribution in [3.63, 3.8) is 0 Å². The summed E-state index contributed by atoms with van der Waals surface area (Å²) in [7, 11) is -3.68. The molecule has 0 spiro atoms. The molecule has 18 heavy (non-hydrogen) atoms. The van der Waals surface area contributed by atoms with Crippen LogP contribution in [0, 0.1) is 0 Å². The zero-order valence-electron chi connectivity index (χ0n) is 9.61. The molecule has 1 N–H and O–H groups in total. The molecule has 0 amide bonds. The number of anilines is 1. The summed E-state index contributed by atoms with van der Waals surface area (Å²) >= 11 is 0. The highest BCUT2D eigenvalue weighted by Gasteiger charge is 2.40. The van der Waals surface area contributed by atoms with E-state index in [1.165, 1.54) is 6.08 Å². The van der Waals surface area contributed by atoms with Crippen molar-refractivity contribution in [1.29, 1.82) is 0 Å². The number of carboxylic acid groups (broad SMARTS) is 1. The Bertz CT molecular complexity index is 594. The normalized spacial score (nSPS) is 18.4. The smallest absolute Gasteiger partial charge is 0.327 e. The molecule has 1 aliphatic rings. The molecule has 0 aliphatic carbocycles. The van der Waals surface area contributed by atoms with Gasteiger partial charge in [-0.25, -0.2) is 13.2 Å². The number of para-hydroxylation sites is 1. The molecule has 0 unspecified atom stereocenters. The lowest BCUT2D eigenvalue weighted by molar-refractivity contribution is -0.138. The molecule has 1 atom stereocenters. The third-order valence-electron chi connectivity index (χ3n) is 2.84. The van der Waals surface area contributed by atoms with Gasteiger partial charge in [-0.05, 0) is 11.6 Å². The van der Waals surface area contributed by atoms with Gasteiger partial charge in [0, 0.05) is 6.42 Å². The minimum absolute atomic E-state index is 0.196. The van der Waals surface area contributed by atoms with Crippen LogP contribution in [-0.2, 0) is 21.2 Å². The molecular weight excluding hydrogens is 254 g/mol. The van der Waals surface area contributed by atoms with Crippen molar-refractivity contribution in [2.24, 2.45) is 0 Å². The molecular formula is C12H13NO4S. The standard InChI is InChI=1S/C12H13NO4S/c1-2-7-18(16,17)13-10-6-4-3-5-9(10)8-11(13)12(14)15/h2-6,11H,1,7-8H2,(H,14,15)/t11-/m0/s1. The van der Waals surface area contributed by atoms with E-state index in [1.54, 1.807) is 24.3 Å². The number of nitrogens with zero attached hydrogens (tertiary/aromatic N) is 1. The molecule has 5 nitrogen and oxygen atoms in total. The molecule has 1 aliphatic heterocycles. The molecule has 1 heterocycles. The van der Waals surface area contributed by atoms with E-state index in [0.717, 1.165) is 9.87 Å². The first kappa shape index (κ1) is 12.6. The summed E-state index contributed by atoms with van der Waals surface area (Å²) in [6.07, 6.45) is 1.46. The van der Waals surface area contributed by atoms with Crippen LogP contribution >= 0.6 is 0 Å². The highest BCUT2D eigenvalue weighted by atomic mass is 32.2. The fourth-order valence-corrected chi connectivity index (χ4v) is 3.61. The Morgan fingerprint density at radius 3 is 2.78 bits per heavy atom. The van der Waals surface area contributed by atoms with Crippen LogP contribution in [-0.4, -0.2) is 31.3 Å². The molecule has 0 fully saturated rings. The zero-order valence-corrected chi connectivity index (χ0v) is 10.4. The van der Waals surface area contributed by atoms with Crippen LogP contribution in [0.3, 0.4) is 0 Å². The minimum Gasteiger partial charge on any atom is -0.480 e. The van der Waals surface area contributed by atoms with Gasteiger partial charge in [0.1, 0.15) is 6.04 Å². The van der Waals surface area contributed by atoms with Crippen LogP contribution in [0.25, 0.3) is 0 Å². The molecule has 0 saturated carbocycles. The maximum atomic E-state index is 12.1. The minimum atomic E-state index is -3.68. The molecule has 0 bridgehead atoms. The summed E-state index contributed by atoms with van der Waals surface area (Å²) in [5.74, 6) is -1.41. The maximum Gasteiger partial charge on any atom is 0.327 e. The number of hydrogen-bond donors (Lipinski definition) is 1. The van der Waals surface area contributed by atoms with Crippen molar-refractivity contribution in [2.75, 3.05) is 10.1 Å². The van der Waals surface area contributed by atoms with Gasteiger partial charge in [0.2, 0.25) is 10.0 Å². The first-order chi connectivity index (χ1) is 8.47. The monoisotopic (exact) mass is 267 g/mol. The molecule has 0 radical (unpaired) electrons. The first-order valence-electron chi connectivity index (χ1n) is 5.41. The van der Waals surface area contributed by atoms with Gasteiger partial charge in [0.15, 0.2) is 0 Å². The van der Waals surface area contributed by atoms with Crippen LogP contribution in [0.1, 0.15) is 5.56 Å². The Morgan fingerprint density at radius 2 is 2.17 bits per heavy atom. The highest BCUT2D eigenvalue weighted by molar-refractivity contribution is 7.93. The maximum absolute atomic E-state index is 12.1. The third kappa shape index (κ3) is 1.99. The largest absolute Gasteiger partial charge is 0.480 e. The predicted octanol–water partition coefficient (Wildman–Crippen LogP) is 1.02. The first-order valence-corrected chi connectivity index (χ1v) is 7.02. The van der Waals surface area contributed by atoms with E-state index in [4.69, 9.17) is 5.11 Å². The molecule has 6 heteroatoms. The summed E-state index contributed by atoms with van der Waals surface area (Å²) in [6, 6.07) is 5.77. The van der Waals surface area contributed by atoms with Gasteiger partial charge in [-0.3, -0.25) is 4.31 Å². The number of sulfonamides is 1. The Labute approximate surface area is 105 Å². The lowest BCUT2D eigenvalue weighted by Gasteiger charge is -2.23. The second kappa shape index (κ2) is 4.45. The van der Waals surface area contributed by atoms with Gasteiger partial charge in [-0.2, -0.15) is 0 Å². The zero-order chi connectivity index (χ0) is 13.3. The van der Waals surface area contributed by atoms with E-state index < -0.39 is 22.0 Å². The third-order valence-corrected chi connectivity index (χ3v) is 4.55. The Hall–Kier alpha value is -1.82. The summed E-state index contributed by atoms with van der Waals surface area (Å²) in [5.41, 5.74) is 1.18. The predicted molar refractivity (Wildman–Crippen MR) is 68.0 cm³/mol. The van der Waals surface area contributed by atoms with Gasteiger partial charge >= 0.3 is 5.97 Å². The van der Waals surface area contributed by atoms with E-state index >= 15 is 0 Å². The van der Waals surface area contributed by atoms with Gasteiger partial charge < -0.3 is 5.11 Å². The summed E-state index contributed by atoms with van der Waals surface area (Å²) in [4.78, 5) is 11.2. The van der Waals surface area contributed by atoms with E-state index in [2.05, 4.69) is 6.58 Å². The second-order valence-corrected chi connectivity index (χ2v) is 5.94. The SMILES string of the molecule is C=CCS(=O)(=O)N1c2ccccc2C[C@H]1C(=O)O. The molecule has 1 aromatic carbocycles. The summed E-state index contributed by atoms with van der Waals surface area (Å²) in [6.45, 7) is 3.39. The number of rotatable bonds is 4. The van der Waals surface area contributed by atoms with Gasteiger partial charge in [0.05, 0.1) is 11.4 Å². The number of carbonyl (C=O) groups is 1. The van der Waals surface area contributed by atoms with Crippen molar-refractivity contribution in [3.05, 3.63) is 42.5 Å². The molecule has 1 aromatic rings. The van der Waals surface area contributed by atoms with E-state index in [1.807, 2.05) is 0 Å². The Morgan fingerprint density at radius 1 is 1.50 bits per heavy atom. The number of fused-ring (bicyclic) bond motifs is 1. The quantitative estimate of drug-likeness (QED) is 0.826. The Kier molecular flexibility index (Phi) is 3.13. The van der Waals surface area contributed by atoms with Gasteiger partial charge in [-0.15, -0.1) is 6.58 Å². The highest BCUT2D eigenvalue weighted by Crippen LogP contribution is 2.34. The second-order valence-electron chi connectivity index (χ2n) is 4.05. The molecule has 0 saturated heterocycles. The fraction of sp³-hybridized carbons (Fsp3) is 0.250. The fourth-order valence-electron chi connectivity index (χ4n) is 2.12. The van der Waals surface area contributed by atoms with Crippen LogP contribution in [0.5, 0.6) is 0 Å². The number of aliphatic carboxylic acids is 1. The summed E-state index contributed by atoms with van der Waals surface area (Å²) in [5, 5.41) is 9.16. The van der Waals surface area contributed by atoms with Crippen molar-refractivity contribution >= 4 is 21.7 Å². The lowest BCUT2D eigenvalue weighted by Crippen LogP contribution is -2.43. The van der Waals surface area contributed by atoms with Crippen LogP contribution in [0.2, 0.25) is 0 Å². The van der Waals surface area contributed by atoms with E-state index in [0.29, 0.717) is 5.69 Å². The van der Waals surface area contributed by atoms with Crippen LogP contribution in [0.15, 0.2) is 36.9 Å². The van der Waals surface area contributed by atoms with Crippen LogP contribution in [0.4, 0.5) is 5.69 Å². The number of hydrogen-bond acceptors (Lipinski definition) is 3. The topological polar surface area (TPSA) is 74.7 Å². The van der Waals surface area contributed by atoms with Crippen molar-refractivity contribution < 1.29 is 18.3 Å². The Balaban J connectivity index is 2.53. The molecule has 2 rings (SSSR count). The average molecular weight is 267 g/mol. The molecule has 0 aromatic heterocycles. The van der Waals surface area contributed by atoms with Crippen molar-refractivity contribution in [3.8, 4) is 0 Å². The van der Waals surface area contributed by atoms with Crippen molar-refractivity contribution in [1.82, 2.24) is 0 Å². The van der Waals surface area contributed by atoms with Crippen molar-refractivity contribution in [2.45, 2.75) is 12.5 Å².